The Morgan fingerprint density at radius 2 is 1.97 bits per heavy atom. The van der Waals surface area contributed by atoms with Gasteiger partial charge in [0.05, 0.1) is 36.5 Å². The maximum atomic E-state index is 6.00. The highest BCUT2D eigenvalue weighted by atomic mass is 16.5. The predicted octanol–water partition coefficient (Wildman–Crippen LogP) is 2.16. The van der Waals surface area contributed by atoms with Gasteiger partial charge in [0.15, 0.2) is 0 Å². The van der Waals surface area contributed by atoms with Crippen LogP contribution in [0.3, 0.4) is 0 Å². The first-order chi connectivity index (χ1) is 14.1. The molecule has 2 aromatic rings. The highest BCUT2D eigenvalue weighted by Gasteiger charge is 2.45. The molecule has 5 rings (SSSR count). The molecule has 1 spiro atoms. The maximum Gasteiger partial charge on any atom is 0.225 e. The molecule has 3 aliphatic rings. The number of pyridine rings is 1. The van der Waals surface area contributed by atoms with Crippen LogP contribution in [0.15, 0.2) is 30.7 Å². The van der Waals surface area contributed by atoms with Gasteiger partial charge < -0.3 is 14.4 Å². The smallest absolute Gasteiger partial charge is 0.225 e. The Morgan fingerprint density at radius 1 is 1.17 bits per heavy atom. The quantitative estimate of drug-likeness (QED) is 0.789. The monoisotopic (exact) mass is 395 g/mol. The molecule has 7 heteroatoms. The average Bonchev–Trinajstić information content (AvgIpc) is 3.11. The van der Waals surface area contributed by atoms with E-state index in [1.54, 1.807) is 0 Å². The number of hydrogen-bond acceptors (Lipinski definition) is 7. The van der Waals surface area contributed by atoms with Gasteiger partial charge in [-0.25, -0.2) is 9.97 Å². The maximum absolute atomic E-state index is 6.00. The van der Waals surface area contributed by atoms with E-state index in [4.69, 9.17) is 14.5 Å². The third kappa shape index (κ3) is 3.74. The number of fused-ring (bicyclic) bond motifs is 2. The Kier molecular flexibility index (Phi) is 4.97. The second-order valence-corrected chi connectivity index (χ2v) is 8.80. The number of rotatable bonds is 3. The summed E-state index contributed by atoms with van der Waals surface area (Å²) < 4.78 is 11.9. The van der Waals surface area contributed by atoms with E-state index in [-0.39, 0.29) is 17.6 Å². The van der Waals surface area contributed by atoms with Gasteiger partial charge in [-0.1, -0.05) is 0 Å². The van der Waals surface area contributed by atoms with Crippen molar-refractivity contribution in [3.8, 4) is 0 Å². The third-order valence-corrected chi connectivity index (χ3v) is 6.28. The molecule has 0 aliphatic carbocycles. The molecule has 0 aromatic carbocycles. The highest BCUT2D eigenvalue weighted by Crippen LogP contribution is 2.40. The first-order valence-corrected chi connectivity index (χ1v) is 10.6. The number of likely N-dealkylation sites (tertiary alicyclic amines) is 1. The summed E-state index contributed by atoms with van der Waals surface area (Å²) >= 11 is 0. The normalized spacial score (nSPS) is 29.9. The summed E-state index contributed by atoms with van der Waals surface area (Å²) in [5.74, 6) is 0.833. The molecule has 2 fully saturated rings. The Hall–Kier alpha value is -2.09. The first-order valence-electron chi connectivity index (χ1n) is 10.6. The number of morpholine rings is 1. The zero-order valence-corrected chi connectivity index (χ0v) is 17.3. The van der Waals surface area contributed by atoms with Gasteiger partial charge in [-0.05, 0) is 44.5 Å². The van der Waals surface area contributed by atoms with Gasteiger partial charge >= 0.3 is 0 Å². The van der Waals surface area contributed by atoms with E-state index in [0.717, 1.165) is 57.3 Å². The van der Waals surface area contributed by atoms with Crippen LogP contribution >= 0.6 is 0 Å². The van der Waals surface area contributed by atoms with Crippen molar-refractivity contribution in [3.63, 3.8) is 0 Å². The van der Waals surface area contributed by atoms with Gasteiger partial charge in [-0.3, -0.25) is 9.88 Å². The summed E-state index contributed by atoms with van der Waals surface area (Å²) in [4.78, 5) is 18.7. The summed E-state index contributed by atoms with van der Waals surface area (Å²) in [5.41, 5.74) is 3.59. The molecule has 3 atom stereocenters. The molecule has 3 aliphatic heterocycles. The fourth-order valence-corrected chi connectivity index (χ4v) is 5.03. The second-order valence-electron chi connectivity index (χ2n) is 8.80. The van der Waals surface area contributed by atoms with Crippen molar-refractivity contribution in [2.45, 2.75) is 51.0 Å². The van der Waals surface area contributed by atoms with Crippen molar-refractivity contribution >= 4 is 5.95 Å². The molecule has 2 saturated heterocycles. The topological polar surface area (TPSA) is 63.6 Å². The molecular weight excluding hydrogens is 366 g/mol. The van der Waals surface area contributed by atoms with Crippen LogP contribution in [-0.4, -0.2) is 64.8 Å². The number of anilines is 1. The molecule has 0 amide bonds. The van der Waals surface area contributed by atoms with Crippen LogP contribution in [0.4, 0.5) is 5.95 Å². The SMILES string of the molecule is CC1CN(c2ncc3c(n2)[C@]2(CCN(Cc4ccncc4)C2)COC3)CC(C)O1. The molecule has 7 nitrogen and oxygen atoms in total. The van der Waals surface area contributed by atoms with E-state index in [0.29, 0.717) is 6.61 Å². The molecule has 0 N–H and O–H groups in total. The van der Waals surface area contributed by atoms with Crippen LogP contribution in [0.2, 0.25) is 0 Å². The van der Waals surface area contributed by atoms with E-state index >= 15 is 0 Å². The lowest BCUT2D eigenvalue weighted by atomic mass is 9.80. The minimum Gasteiger partial charge on any atom is -0.376 e. The number of nitrogens with zero attached hydrogens (tertiary/aromatic N) is 5. The van der Waals surface area contributed by atoms with Crippen molar-refractivity contribution in [2.75, 3.05) is 37.7 Å². The molecule has 29 heavy (non-hydrogen) atoms. The van der Waals surface area contributed by atoms with E-state index in [9.17, 15) is 0 Å². The van der Waals surface area contributed by atoms with Gasteiger partial charge in [0.25, 0.3) is 0 Å². The lowest BCUT2D eigenvalue weighted by Gasteiger charge is -2.38. The van der Waals surface area contributed by atoms with Crippen molar-refractivity contribution in [3.05, 3.63) is 47.5 Å². The predicted molar refractivity (Wildman–Crippen MR) is 110 cm³/mol. The largest absolute Gasteiger partial charge is 0.376 e. The average molecular weight is 396 g/mol. The molecule has 0 saturated carbocycles. The van der Waals surface area contributed by atoms with E-state index in [1.165, 1.54) is 11.3 Å². The standard InChI is InChI=1S/C22H29N5O2/c1-16-10-27(11-17(2)29-16)21-24-9-19-13-28-15-22(20(19)25-21)5-8-26(14-22)12-18-3-6-23-7-4-18/h3-4,6-7,9,16-17H,5,8,10-15H2,1-2H3/t16?,17?,22-/m0/s1. The zero-order chi connectivity index (χ0) is 19.8. The minimum absolute atomic E-state index is 0.0399. The van der Waals surface area contributed by atoms with Crippen LogP contribution in [0.5, 0.6) is 0 Å². The molecular formula is C22H29N5O2. The van der Waals surface area contributed by atoms with Crippen LogP contribution in [0.1, 0.15) is 37.1 Å². The van der Waals surface area contributed by atoms with Gasteiger partial charge in [-0.15, -0.1) is 0 Å². The fraction of sp³-hybridized carbons (Fsp3) is 0.591. The van der Waals surface area contributed by atoms with Crippen LogP contribution < -0.4 is 4.90 Å². The Bertz CT molecular complexity index is 854. The number of aromatic nitrogens is 3. The van der Waals surface area contributed by atoms with Crippen LogP contribution in [-0.2, 0) is 28.0 Å². The minimum atomic E-state index is -0.0399. The lowest BCUT2D eigenvalue weighted by molar-refractivity contribution is -0.00584. The van der Waals surface area contributed by atoms with Gasteiger partial charge in [0.2, 0.25) is 5.95 Å². The second kappa shape index (κ2) is 7.63. The summed E-state index contributed by atoms with van der Waals surface area (Å²) in [7, 11) is 0. The fourth-order valence-electron chi connectivity index (χ4n) is 5.03. The van der Waals surface area contributed by atoms with Crippen molar-refractivity contribution in [2.24, 2.45) is 0 Å². The van der Waals surface area contributed by atoms with Gasteiger partial charge in [0.1, 0.15) is 0 Å². The Morgan fingerprint density at radius 3 is 2.76 bits per heavy atom. The van der Waals surface area contributed by atoms with Crippen molar-refractivity contribution < 1.29 is 9.47 Å². The van der Waals surface area contributed by atoms with Crippen LogP contribution in [0.25, 0.3) is 0 Å². The third-order valence-electron chi connectivity index (χ3n) is 6.28. The number of hydrogen-bond donors (Lipinski definition) is 0. The lowest BCUT2D eigenvalue weighted by Crippen LogP contribution is -2.47. The molecule has 5 heterocycles. The Labute approximate surface area is 172 Å². The first kappa shape index (κ1) is 18.9. The number of ether oxygens (including phenoxy) is 2. The van der Waals surface area contributed by atoms with E-state index in [1.807, 2.05) is 18.6 Å². The van der Waals surface area contributed by atoms with Gasteiger partial charge in [0, 0.05) is 50.3 Å². The van der Waals surface area contributed by atoms with Crippen molar-refractivity contribution in [1.29, 1.82) is 0 Å². The summed E-state index contributed by atoms with van der Waals surface area (Å²) in [6.07, 6.45) is 7.16. The van der Waals surface area contributed by atoms with Gasteiger partial charge in [-0.2, -0.15) is 0 Å². The molecule has 154 valence electrons. The molecule has 2 aromatic heterocycles. The van der Waals surface area contributed by atoms with Crippen molar-refractivity contribution in [1.82, 2.24) is 19.9 Å². The molecule has 0 bridgehead atoms. The Balaban J connectivity index is 1.40. The van der Waals surface area contributed by atoms with Crippen LogP contribution in [0, 0.1) is 0 Å². The highest BCUT2D eigenvalue weighted by molar-refractivity contribution is 5.39. The summed E-state index contributed by atoms with van der Waals surface area (Å²) in [6.45, 7) is 10.2. The summed E-state index contributed by atoms with van der Waals surface area (Å²) in [6, 6.07) is 4.19. The zero-order valence-electron chi connectivity index (χ0n) is 17.3. The molecule has 2 unspecified atom stereocenters. The summed E-state index contributed by atoms with van der Waals surface area (Å²) in [5, 5.41) is 0. The van der Waals surface area contributed by atoms with E-state index in [2.05, 4.69) is 45.7 Å². The van der Waals surface area contributed by atoms with E-state index < -0.39 is 0 Å². The molecule has 0 radical (unpaired) electrons.